The summed E-state index contributed by atoms with van der Waals surface area (Å²) in [7, 11) is 0. The normalized spacial score (nSPS) is 11.4. The highest BCUT2D eigenvalue weighted by atomic mass is 16.5. The first-order chi connectivity index (χ1) is 9.86. The van der Waals surface area contributed by atoms with Crippen molar-refractivity contribution < 1.29 is 19.1 Å². The molecule has 0 aliphatic rings. The number of aromatic nitrogens is 1. The van der Waals surface area contributed by atoms with Crippen LogP contribution in [0.25, 0.3) is 0 Å². The Bertz CT molecular complexity index is 625. The van der Waals surface area contributed by atoms with E-state index in [1.54, 1.807) is 30.5 Å². The van der Waals surface area contributed by atoms with Gasteiger partial charge in [-0.1, -0.05) is 39.0 Å². The Labute approximate surface area is 123 Å². The fourth-order valence-corrected chi connectivity index (χ4v) is 1.82. The zero-order valence-electron chi connectivity index (χ0n) is 12.4. The average Bonchev–Trinajstić information content (AvgIpc) is 2.86. The van der Waals surface area contributed by atoms with Crippen molar-refractivity contribution in [2.24, 2.45) is 0 Å². The van der Waals surface area contributed by atoms with E-state index in [1.807, 2.05) is 20.8 Å². The molecule has 1 N–H and O–H groups in total. The Morgan fingerprint density at radius 1 is 1.33 bits per heavy atom. The van der Waals surface area contributed by atoms with Gasteiger partial charge >= 0.3 is 5.97 Å². The molecule has 0 aliphatic heterocycles. The average molecular weight is 289 g/mol. The van der Waals surface area contributed by atoms with Crippen molar-refractivity contribution in [3.05, 3.63) is 47.7 Å². The van der Waals surface area contributed by atoms with Gasteiger partial charge in [0.05, 0.1) is 12.6 Å². The number of carbonyl (C=O) groups is 1. The molecule has 21 heavy (non-hydrogen) atoms. The highest BCUT2D eigenvalue weighted by molar-refractivity contribution is 5.71. The predicted molar refractivity (Wildman–Crippen MR) is 77.3 cm³/mol. The summed E-state index contributed by atoms with van der Waals surface area (Å²) in [6, 6.07) is 7.07. The number of benzene rings is 1. The molecule has 0 radical (unpaired) electrons. The Balaban J connectivity index is 2.06. The molecule has 0 saturated carbocycles. The third kappa shape index (κ3) is 4.08. The van der Waals surface area contributed by atoms with Crippen molar-refractivity contribution >= 4 is 5.97 Å². The number of carboxylic acids is 1. The molecule has 0 atom stereocenters. The van der Waals surface area contributed by atoms with Crippen molar-refractivity contribution in [3.8, 4) is 5.75 Å². The minimum atomic E-state index is -0.891. The molecule has 1 aromatic carbocycles. The largest absolute Gasteiger partial charge is 0.484 e. The van der Waals surface area contributed by atoms with Gasteiger partial charge in [0.25, 0.3) is 0 Å². The number of nitrogens with zero attached hydrogens (tertiary/aromatic N) is 1. The van der Waals surface area contributed by atoms with Gasteiger partial charge in [0.1, 0.15) is 11.5 Å². The van der Waals surface area contributed by atoms with Crippen LogP contribution in [0.4, 0.5) is 0 Å². The predicted octanol–water partition coefficient (Wildman–Crippen LogP) is 3.18. The molecule has 1 heterocycles. The number of aliphatic carboxylic acids is 1. The van der Waals surface area contributed by atoms with Gasteiger partial charge in [0.15, 0.2) is 6.61 Å². The second-order valence-corrected chi connectivity index (χ2v) is 5.84. The van der Waals surface area contributed by atoms with Gasteiger partial charge in [-0.25, -0.2) is 4.98 Å². The fraction of sp³-hybridized carbons (Fsp3) is 0.375. The molecule has 5 nitrogen and oxygen atoms in total. The molecule has 0 aliphatic carbocycles. The zero-order chi connectivity index (χ0) is 15.5. The summed E-state index contributed by atoms with van der Waals surface area (Å²) >= 11 is 0. The van der Waals surface area contributed by atoms with Gasteiger partial charge < -0.3 is 14.3 Å². The van der Waals surface area contributed by atoms with E-state index in [0.29, 0.717) is 17.2 Å². The number of rotatable bonds is 5. The second-order valence-electron chi connectivity index (χ2n) is 5.84. The minimum absolute atomic E-state index is 0.0744. The van der Waals surface area contributed by atoms with Crippen LogP contribution in [0.3, 0.4) is 0 Å². The number of hydrogen-bond acceptors (Lipinski definition) is 4. The lowest BCUT2D eigenvalue weighted by Gasteiger charge is -2.13. The van der Waals surface area contributed by atoms with Crippen molar-refractivity contribution in [2.45, 2.75) is 39.2 Å². The molecule has 112 valence electrons. The Hall–Kier alpha value is -2.30. The molecule has 0 fully saturated rings. The lowest BCUT2D eigenvalue weighted by molar-refractivity contribution is -0.136. The van der Waals surface area contributed by atoms with E-state index in [0.717, 1.165) is 5.76 Å². The summed E-state index contributed by atoms with van der Waals surface area (Å²) in [5, 5.41) is 8.88. The minimum Gasteiger partial charge on any atom is -0.484 e. The first kappa shape index (κ1) is 15.1. The van der Waals surface area contributed by atoms with Crippen molar-refractivity contribution in [3.63, 3.8) is 0 Å². The quantitative estimate of drug-likeness (QED) is 0.915. The van der Waals surface area contributed by atoms with Crippen LogP contribution < -0.4 is 4.74 Å². The van der Waals surface area contributed by atoms with E-state index in [4.69, 9.17) is 14.3 Å². The molecule has 5 heteroatoms. The standard InChI is InChI=1S/C16H19NO4/c1-16(2,3)13-9-17-14(21-13)10-20-12-7-5-4-6-11(12)8-15(18)19/h4-7,9H,8,10H2,1-3H3,(H,18,19). The molecular formula is C16H19NO4. The van der Waals surface area contributed by atoms with Gasteiger partial charge in [-0.2, -0.15) is 0 Å². The molecule has 0 spiro atoms. The van der Waals surface area contributed by atoms with Gasteiger partial charge in [-0.05, 0) is 6.07 Å². The molecule has 2 rings (SSSR count). The molecular weight excluding hydrogens is 270 g/mol. The molecule has 0 bridgehead atoms. The van der Waals surface area contributed by atoms with Crippen LogP contribution in [0.1, 0.15) is 38.0 Å². The van der Waals surface area contributed by atoms with Crippen molar-refractivity contribution in [1.82, 2.24) is 4.98 Å². The molecule has 1 aromatic heterocycles. The first-order valence-electron chi connectivity index (χ1n) is 6.74. The van der Waals surface area contributed by atoms with Crippen molar-refractivity contribution in [1.29, 1.82) is 0 Å². The maximum absolute atomic E-state index is 10.8. The first-order valence-corrected chi connectivity index (χ1v) is 6.74. The third-order valence-electron chi connectivity index (χ3n) is 2.96. The van der Waals surface area contributed by atoms with E-state index in [2.05, 4.69) is 4.98 Å². The van der Waals surface area contributed by atoms with Crippen LogP contribution >= 0.6 is 0 Å². The fourth-order valence-electron chi connectivity index (χ4n) is 1.82. The van der Waals surface area contributed by atoms with E-state index >= 15 is 0 Å². The van der Waals surface area contributed by atoms with Crippen molar-refractivity contribution in [2.75, 3.05) is 0 Å². The smallest absolute Gasteiger partial charge is 0.307 e. The van der Waals surface area contributed by atoms with Crippen LogP contribution in [0.2, 0.25) is 0 Å². The monoisotopic (exact) mass is 289 g/mol. The number of hydrogen-bond donors (Lipinski definition) is 1. The molecule has 0 unspecified atom stereocenters. The number of oxazole rings is 1. The van der Waals surface area contributed by atoms with E-state index < -0.39 is 5.97 Å². The third-order valence-corrected chi connectivity index (χ3v) is 2.96. The molecule has 0 saturated heterocycles. The zero-order valence-corrected chi connectivity index (χ0v) is 12.4. The van der Waals surface area contributed by atoms with Crippen LogP contribution in [0, 0.1) is 0 Å². The highest BCUT2D eigenvalue weighted by Crippen LogP contribution is 2.24. The lowest BCUT2D eigenvalue weighted by atomic mass is 9.94. The topological polar surface area (TPSA) is 72.6 Å². The van der Waals surface area contributed by atoms with Crippen LogP contribution in [-0.2, 0) is 23.2 Å². The van der Waals surface area contributed by atoms with E-state index in [1.165, 1.54) is 0 Å². The maximum atomic E-state index is 10.8. The summed E-state index contributed by atoms with van der Waals surface area (Å²) in [6.45, 7) is 6.30. The highest BCUT2D eigenvalue weighted by Gasteiger charge is 2.19. The number of carboxylic acid groups (broad SMARTS) is 1. The number of para-hydroxylation sites is 1. The summed E-state index contributed by atoms with van der Waals surface area (Å²) in [5.74, 6) is 0.914. The van der Waals surface area contributed by atoms with Gasteiger partial charge in [0, 0.05) is 11.0 Å². The Morgan fingerprint density at radius 2 is 2.05 bits per heavy atom. The second kappa shape index (κ2) is 5.99. The van der Waals surface area contributed by atoms with Gasteiger partial charge in [-0.3, -0.25) is 4.79 Å². The SMILES string of the molecule is CC(C)(C)c1cnc(COc2ccccc2CC(=O)O)o1. The summed E-state index contributed by atoms with van der Waals surface area (Å²) < 4.78 is 11.3. The van der Waals surface area contributed by atoms with Crippen LogP contribution in [0.5, 0.6) is 5.75 Å². The number of ether oxygens (including phenoxy) is 1. The van der Waals surface area contributed by atoms with E-state index in [-0.39, 0.29) is 18.4 Å². The summed E-state index contributed by atoms with van der Waals surface area (Å²) in [4.78, 5) is 15.0. The Morgan fingerprint density at radius 3 is 2.67 bits per heavy atom. The molecule has 2 aromatic rings. The van der Waals surface area contributed by atoms with E-state index in [9.17, 15) is 4.79 Å². The summed E-state index contributed by atoms with van der Waals surface area (Å²) in [6.07, 6.45) is 1.62. The van der Waals surface area contributed by atoms with Crippen LogP contribution in [-0.4, -0.2) is 16.1 Å². The van der Waals surface area contributed by atoms with Crippen LogP contribution in [0.15, 0.2) is 34.9 Å². The van der Waals surface area contributed by atoms with Gasteiger partial charge in [0.2, 0.25) is 5.89 Å². The van der Waals surface area contributed by atoms with Gasteiger partial charge in [-0.15, -0.1) is 0 Å². The summed E-state index contributed by atoms with van der Waals surface area (Å²) in [5.41, 5.74) is 0.527. The Kier molecular flexibility index (Phi) is 4.31. The lowest BCUT2D eigenvalue weighted by Crippen LogP contribution is -2.09. The maximum Gasteiger partial charge on any atom is 0.307 e. The molecule has 0 amide bonds.